The Hall–Kier alpha value is -3.16. The summed E-state index contributed by atoms with van der Waals surface area (Å²) in [5.41, 5.74) is 1.02. The van der Waals surface area contributed by atoms with E-state index in [0.717, 1.165) is 0 Å². The standard InChI is InChI=1S/C20H25NO7/c1-6-27-19(23)13-10-21(3)11-14(20(24)28-7-2)17(13)12-8-15(25-4)18(22)16(9-12)26-5/h8-11,17,22H,6-7H2,1-5H3. The fraction of sp³-hybridized carbons (Fsp3) is 0.400. The smallest absolute Gasteiger partial charge is 0.336 e. The molecule has 152 valence electrons. The fourth-order valence-electron chi connectivity index (χ4n) is 3.00. The van der Waals surface area contributed by atoms with Gasteiger partial charge < -0.3 is 29.0 Å². The molecule has 1 aliphatic rings. The number of phenolic OH excluding ortho intramolecular Hbond substituents is 1. The van der Waals surface area contributed by atoms with Crippen LogP contribution < -0.4 is 9.47 Å². The summed E-state index contributed by atoms with van der Waals surface area (Å²) in [5, 5.41) is 10.2. The van der Waals surface area contributed by atoms with Crippen LogP contribution >= 0.6 is 0 Å². The van der Waals surface area contributed by atoms with Crippen LogP contribution in [-0.4, -0.2) is 56.4 Å². The molecular weight excluding hydrogens is 366 g/mol. The topological polar surface area (TPSA) is 94.5 Å². The molecule has 0 amide bonds. The second-order valence-electron chi connectivity index (χ2n) is 5.98. The zero-order valence-corrected chi connectivity index (χ0v) is 16.6. The Balaban J connectivity index is 2.67. The van der Waals surface area contributed by atoms with Crippen LogP contribution in [0.15, 0.2) is 35.7 Å². The first-order valence-electron chi connectivity index (χ1n) is 8.82. The van der Waals surface area contributed by atoms with Gasteiger partial charge in [0.05, 0.1) is 44.5 Å². The van der Waals surface area contributed by atoms with Crippen molar-refractivity contribution in [1.29, 1.82) is 0 Å². The van der Waals surface area contributed by atoms with E-state index in [1.807, 2.05) is 0 Å². The lowest BCUT2D eigenvalue weighted by molar-refractivity contribution is -0.139. The molecule has 1 heterocycles. The molecule has 0 atom stereocenters. The highest BCUT2D eigenvalue weighted by molar-refractivity contribution is 5.98. The maximum Gasteiger partial charge on any atom is 0.336 e. The number of phenols is 1. The van der Waals surface area contributed by atoms with E-state index in [4.69, 9.17) is 18.9 Å². The number of carbonyl (C=O) groups is 2. The highest BCUT2D eigenvalue weighted by Gasteiger charge is 2.36. The van der Waals surface area contributed by atoms with Gasteiger partial charge in [-0.2, -0.15) is 0 Å². The molecule has 0 radical (unpaired) electrons. The number of carbonyl (C=O) groups excluding carboxylic acids is 2. The Bertz CT molecular complexity index is 752. The van der Waals surface area contributed by atoms with Crippen molar-refractivity contribution < 1.29 is 33.6 Å². The van der Waals surface area contributed by atoms with Crippen molar-refractivity contribution in [2.45, 2.75) is 19.8 Å². The molecule has 8 heteroatoms. The summed E-state index contributed by atoms with van der Waals surface area (Å²) >= 11 is 0. The minimum absolute atomic E-state index is 0.152. The average Bonchev–Trinajstić information content (AvgIpc) is 2.68. The third kappa shape index (κ3) is 4.21. The number of methoxy groups -OCH3 is 2. The van der Waals surface area contributed by atoms with E-state index in [9.17, 15) is 14.7 Å². The number of hydrogen-bond acceptors (Lipinski definition) is 8. The summed E-state index contributed by atoms with van der Waals surface area (Å²) in [5.74, 6) is -1.76. The Labute approximate surface area is 163 Å². The van der Waals surface area contributed by atoms with Crippen LogP contribution in [0.5, 0.6) is 17.2 Å². The van der Waals surface area contributed by atoms with Crippen LogP contribution in [0.25, 0.3) is 0 Å². The highest BCUT2D eigenvalue weighted by atomic mass is 16.5. The zero-order valence-electron chi connectivity index (χ0n) is 16.6. The molecule has 0 saturated carbocycles. The lowest BCUT2D eigenvalue weighted by Crippen LogP contribution is -2.28. The summed E-state index contributed by atoms with van der Waals surface area (Å²) in [6.07, 6.45) is 3.19. The largest absolute Gasteiger partial charge is 0.502 e. The predicted molar refractivity (Wildman–Crippen MR) is 101 cm³/mol. The van der Waals surface area contributed by atoms with Gasteiger partial charge in [0.15, 0.2) is 11.5 Å². The number of esters is 2. The first-order chi connectivity index (χ1) is 13.4. The van der Waals surface area contributed by atoms with Gasteiger partial charge in [-0.3, -0.25) is 0 Å². The molecule has 0 saturated heterocycles. The van der Waals surface area contributed by atoms with Gasteiger partial charge in [-0.05, 0) is 31.5 Å². The van der Waals surface area contributed by atoms with E-state index in [2.05, 4.69) is 0 Å². The van der Waals surface area contributed by atoms with Crippen molar-refractivity contribution in [1.82, 2.24) is 4.90 Å². The quantitative estimate of drug-likeness (QED) is 0.708. The van der Waals surface area contributed by atoms with Crippen LogP contribution in [0.4, 0.5) is 0 Å². The Morgan fingerprint density at radius 3 is 1.75 bits per heavy atom. The van der Waals surface area contributed by atoms with Crippen LogP contribution in [0.2, 0.25) is 0 Å². The number of aromatic hydroxyl groups is 1. The van der Waals surface area contributed by atoms with Gasteiger partial charge in [-0.15, -0.1) is 0 Å². The first-order valence-corrected chi connectivity index (χ1v) is 8.82. The van der Waals surface area contributed by atoms with E-state index in [0.29, 0.717) is 5.56 Å². The lowest BCUT2D eigenvalue weighted by Gasteiger charge is -2.29. The monoisotopic (exact) mass is 391 g/mol. The molecule has 0 fully saturated rings. The molecule has 1 aromatic rings. The maximum atomic E-state index is 12.6. The number of rotatable bonds is 7. The molecule has 1 aromatic carbocycles. The summed E-state index contributed by atoms with van der Waals surface area (Å²) in [7, 11) is 4.50. The lowest BCUT2D eigenvalue weighted by atomic mass is 9.83. The minimum atomic E-state index is -0.780. The van der Waals surface area contributed by atoms with Gasteiger partial charge in [0.1, 0.15) is 0 Å². The summed E-state index contributed by atoms with van der Waals surface area (Å²) in [4.78, 5) is 26.8. The normalized spacial score (nSPS) is 14.1. The van der Waals surface area contributed by atoms with Gasteiger partial charge in [0.2, 0.25) is 5.75 Å². The predicted octanol–water partition coefficient (Wildman–Crippen LogP) is 2.33. The van der Waals surface area contributed by atoms with E-state index < -0.39 is 17.9 Å². The van der Waals surface area contributed by atoms with Crippen LogP contribution in [0.1, 0.15) is 25.3 Å². The number of benzene rings is 1. The molecular formula is C20H25NO7. The molecule has 0 bridgehead atoms. The molecule has 0 unspecified atom stereocenters. The van der Waals surface area contributed by atoms with E-state index in [-0.39, 0.29) is 41.6 Å². The van der Waals surface area contributed by atoms with Gasteiger partial charge in [-0.1, -0.05) is 0 Å². The summed E-state index contributed by atoms with van der Waals surface area (Å²) in [6, 6.07) is 3.10. The maximum absolute atomic E-state index is 12.6. The first kappa shape index (κ1) is 21.1. The fourth-order valence-corrected chi connectivity index (χ4v) is 3.00. The Morgan fingerprint density at radius 1 is 0.964 bits per heavy atom. The van der Waals surface area contributed by atoms with E-state index in [1.54, 1.807) is 50.3 Å². The second kappa shape index (κ2) is 9.16. The Kier molecular flexibility index (Phi) is 6.92. The third-order valence-corrected chi connectivity index (χ3v) is 4.17. The third-order valence-electron chi connectivity index (χ3n) is 4.17. The van der Waals surface area contributed by atoms with Crippen LogP contribution in [0, 0.1) is 0 Å². The minimum Gasteiger partial charge on any atom is -0.502 e. The van der Waals surface area contributed by atoms with E-state index >= 15 is 0 Å². The van der Waals surface area contributed by atoms with Crippen molar-refractivity contribution in [2.24, 2.45) is 0 Å². The van der Waals surface area contributed by atoms with Crippen LogP contribution in [0.3, 0.4) is 0 Å². The highest BCUT2D eigenvalue weighted by Crippen LogP contribution is 2.44. The molecule has 28 heavy (non-hydrogen) atoms. The molecule has 1 N–H and O–H groups in total. The molecule has 0 aliphatic carbocycles. The summed E-state index contributed by atoms with van der Waals surface area (Å²) < 4.78 is 20.8. The summed E-state index contributed by atoms with van der Waals surface area (Å²) in [6.45, 7) is 3.78. The van der Waals surface area contributed by atoms with Crippen LogP contribution in [-0.2, 0) is 19.1 Å². The Morgan fingerprint density at radius 2 is 1.39 bits per heavy atom. The SMILES string of the molecule is CCOC(=O)C1=CN(C)C=C(C(=O)OCC)C1c1cc(OC)c(O)c(OC)c1. The van der Waals surface area contributed by atoms with Crippen molar-refractivity contribution >= 4 is 11.9 Å². The van der Waals surface area contributed by atoms with Crippen molar-refractivity contribution in [3.63, 3.8) is 0 Å². The number of hydrogen-bond donors (Lipinski definition) is 1. The van der Waals surface area contributed by atoms with Crippen molar-refractivity contribution in [3.8, 4) is 17.2 Å². The van der Waals surface area contributed by atoms with Gasteiger partial charge >= 0.3 is 11.9 Å². The molecule has 0 aromatic heterocycles. The molecule has 8 nitrogen and oxygen atoms in total. The van der Waals surface area contributed by atoms with Crippen molar-refractivity contribution in [3.05, 3.63) is 41.2 Å². The number of nitrogens with zero attached hydrogens (tertiary/aromatic N) is 1. The second-order valence-corrected chi connectivity index (χ2v) is 5.98. The molecule has 1 aliphatic heterocycles. The van der Waals surface area contributed by atoms with Crippen molar-refractivity contribution in [2.75, 3.05) is 34.5 Å². The van der Waals surface area contributed by atoms with Gasteiger partial charge in [-0.25, -0.2) is 9.59 Å². The zero-order chi connectivity index (χ0) is 20.8. The molecule has 0 spiro atoms. The molecule has 2 rings (SSSR count). The van der Waals surface area contributed by atoms with E-state index in [1.165, 1.54) is 14.2 Å². The average molecular weight is 391 g/mol. The van der Waals surface area contributed by atoms with Gasteiger partial charge in [0, 0.05) is 19.4 Å². The number of ether oxygens (including phenoxy) is 4. The van der Waals surface area contributed by atoms with Gasteiger partial charge in [0.25, 0.3) is 0 Å².